The van der Waals surface area contributed by atoms with Crippen LogP contribution in [-0.4, -0.2) is 33.0 Å². The second-order valence-electron chi connectivity index (χ2n) is 12.0. The standard InChI is InChI=1S/C39H35F2N3O3S.CO2/c1-4-30(45)22-26-18-20-28(21-19-26)36-32(23-42(3)25(2)27-12-7-5-8-13-27)35-37(46)44(29-14-9-6-10-15-29)39(47)43(38(35)48-36)24-31-33(40)16-11-17-34(31)41;2-1-3/h5-21,25H,4,22-24H2,1-3H3;. The fraction of sp³-hybridized carbons (Fsp3) is 0.200. The molecule has 0 N–H and O–H groups in total. The minimum Gasteiger partial charge on any atom is -0.299 e. The molecule has 0 aliphatic rings. The van der Waals surface area contributed by atoms with Gasteiger partial charge in [0.05, 0.1) is 17.6 Å². The van der Waals surface area contributed by atoms with Crippen LogP contribution >= 0.6 is 11.3 Å². The van der Waals surface area contributed by atoms with Gasteiger partial charge in [0.15, 0.2) is 0 Å². The smallest absolute Gasteiger partial charge is 0.299 e. The van der Waals surface area contributed by atoms with Gasteiger partial charge in [0, 0.05) is 35.9 Å². The Morgan fingerprint density at radius 2 is 1.43 bits per heavy atom. The largest absolute Gasteiger partial charge is 0.373 e. The van der Waals surface area contributed by atoms with E-state index >= 15 is 8.78 Å². The zero-order chi connectivity index (χ0) is 36.7. The molecule has 6 aromatic rings. The summed E-state index contributed by atoms with van der Waals surface area (Å²) in [7, 11) is 1.98. The number of hydrogen-bond acceptors (Lipinski definition) is 7. The van der Waals surface area contributed by atoms with Crippen molar-refractivity contribution in [2.24, 2.45) is 0 Å². The molecule has 2 heterocycles. The van der Waals surface area contributed by atoms with Crippen molar-refractivity contribution < 1.29 is 23.2 Å². The molecule has 1 unspecified atom stereocenters. The molecule has 0 aliphatic heterocycles. The number of rotatable bonds is 11. The van der Waals surface area contributed by atoms with Crippen LogP contribution in [0.2, 0.25) is 0 Å². The van der Waals surface area contributed by atoms with E-state index in [0.29, 0.717) is 40.9 Å². The van der Waals surface area contributed by atoms with E-state index in [2.05, 4.69) is 11.8 Å². The Kier molecular flexibility index (Phi) is 11.8. The number of para-hydroxylation sites is 1. The average molecular weight is 708 g/mol. The summed E-state index contributed by atoms with van der Waals surface area (Å²) >= 11 is 1.25. The van der Waals surface area contributed by atoms with Crippen molar-refractivity contribution in [3.8, 4) is 16.1 Å². The first kappa shape index (κ1) is 36.7. The lowest BCUT2D eigenvalue weighted by Gasteiger charge is -2.25. The van der Waals surface area contributed by atoms with Crippen LogP contribution in [0, 0.1) is 11.6 Å². The number of hydrogen-bond donors (Lipinski definition) is 0. The second kappa shape index (κ2) is 16.4. The summed E-state index contributed by atoms with van der Waals surface area (Å²) in [5, 5.41) is 0.313. The summed E-state index contributed by atoms with van der Waals surface area (Å²) in [6.07, 6.45) is 1.02. The van der Waals surface area contributed by atoms with Crippen molar-refractivity contribution in [3.63, 3.8) is 0 Å². The third-order valence-electron chi connectivity index (χ3n) is 8.83. The van der Waals surface area contributed by atoms with E-state index in [1.54, 1.807) is 30.3 Å². The van der Waals surface area contributed by atoms with Gasteiger partial charge in [0.25, 0.3) is 5.56 Å². The van der Waals surface area contributed by atoms with Crippen molar-refractivity contribution >= 4 is 33.5 Å². The van der Waals surface area contributed by atoms with Gasteiger partial charge in [-0.3, -0.25) is 19.1 Å². The molecule has 0 saturated carbocycles. The zero-order valence-electron chi connectivity index (χ0n) is 28.3. The Bertz CT molecular complexity index is 2290. The van der Waals surface area contributed by atoms with Crippen molar-refractivity contribution in [2.45, 2.75) is 45.8 Å². The summed E-state index contributed by atoms with van der Waals surface area (Å²) in [5.74, 6) is -1.43. The normalized spacial score (nSPS) is 11.6. The molecule has 0 fully saturated rings. The summed E-state index contributed by atoms with van der Waals surface area (Å²) in [6.45, 7) is 3.86. The Morgan fingerprint density at radius 3 is 2.02 bits per heavy atom. The Labute approximate surface area is 296 Å². The van der Waals surface area contributed by atoms with E-state index in [1.165, 1.54) is 22.0 Å². The molecule has 6 rings (SSSR count). The van der Waals surface area contributed by atoms with Gasteiger partial charge in [-0.15, -0.1) is 11.3 Å². The van der Waals surface area contributed by atoms with Crippen LogP contribution in [0.5, 0.6) is 0 Å². The molecule has 2 aromatic heterocycles. The van der Waals surface area contributed by atoms with Gasteiger partial charge >= 0.3 is 11.8 Å². The third kappa shape index (κ3) is 7.91. The van der Waals surface area contributed by atoms with Crippen LogP contribution in [0.1, 0.15) is 48.6 Å². The first-order chi connectivity index (χ1) is 24.6. The van der Waals surface area contributed by atoms with Gasteiger partial charge in [-0.2, -0.15) is 9.59 Å². The number of nitrogens with zero attached hydrogens (tertiary/aromatic N) is 3. The molecule has 1 atom stereocenters. The highest BCUT2D eigenvalue weighted by Gasteiger charge is 2.26. The third-order valence-corrected chi connectivity index (χ3v) is 10.1. The van der Waals surface area contributed by atoms with E-state index in [4.69, 9.17) is 9.59 Å². The molecule has 260 valence electrons. The minimum absolute atomic E-state index is 0.0220. The van der Waals surface area contributed by atoms with E-state index in [0.717, 1.165) is 38.3 Å². The highest BCUT2D eigenvalue weighted by Crippen LogP contribution is 2.39. The molecule has 0 radical (unpaired) electrons. The predicted octanol–water partition coefficient (Wildman–Crippen LogP) is 7.34. The topological polar surface area (TPSA) is 98.4 Å². The Hall–Kier alpha value is -5.61. The summed E-state index contributed by atoms with van der Waals surface area (Å²) in [5.41, 5.74) is 2.37. The summed E-state index contributed by atoms with van der Waals surface area (Å²) < 4.78 is 32.5. The molecule has 0 saturated heterocycles. The minimum atomic E-state index is -0.779. The summed E-state index contributed by atoms with van der Waals surface area (Å²) in [4.78, 5) is 60.4. The number of aromatic nitrogens is 2. The van der Waals surface area contributed by atoms with Gasteiger partial charge < -0.3 is 0 Å². The Balaban J connectivity index is 0.00000162. The molecule has 0 bridgehead atoms. The number of halogens is 2. The average Bonchev–Trinajstić information content (AvgIpc) is 3.51. The van der Waals surface area contributed by atoms with Gasteiger partial charge in [0.1, 0.15) is 22.2 Å². The highest BCUT2D eigenvalue weighted by atomic mass is 32.1. The number of carbonyl (C=O) groups excluding carboxylic acids is 3. The van der Waals surface area contributed by atoms with Crippen LogP contribution in [0.15, 0.2) is 113 Å². The summed E-state index contributed by atoms with van der Waals surface area (Å²) in [6, 6.07) is 29.8. The quantitative estimate of drug-likeness (QED) is 0.140. The fourth-order valence-electron chi connectivity index (χ4n) is 5.94. The molecule has 11 heteroatoms. The molecule has 0 spiro atoms. The predicted molar refractivity (Wildman–Crippen MR) is 193 cm³/mol. The molecule has 0 aliphatic carbocycles. The van der Waals surface area contributed by atoms with Crippen LogP contribution in [0.25, 0.3) is 26.3 Å². The zero-order valence-corrected chi connectivity index (χ0v) is 29.1. The lowest BCUT2D eigenvalue weighted by Crippen LogP contribution is -2.39. The monoisotopic (exact) mass is 707 g/mol. The number of ketones is 1. The first-order valence-corrected chi connectivity index (χ1v) is 17.1. The number of Topliss-reactive ketones (excluding diaryl/α,β-unsaturated/α-hetero) is 1. The van der Waals surface area contributed by atoms with Crippen molar-refractivity contribution in [3.05, 3.63) is 158 Å². The molecule has 0 amide bonds. The molecular formula is C40H35F2N3O5S. The number of benzene rings is 4. The van der Waals surface area contributed by atoms with E-state index < -0.39 is 29.4 Å². The van der Waals surface area contributed by atoms with Crippen LogP contribution in [0.3, 0.4) is 0 Å². The molecule has 51 heavy (non-hydrogen) atoms. The highest BCUT2D eigenvalue weighted by molar-refractivity contribution is 7.22. The molecular weight excluding hydrogens is 673 g/mol. The van der Waals surface area contributed by atoms with E-state index in [9.17, 15) is 14.4 Å². The maximum atomic E-state index is 15.0. The Morgan fingerprint density at radius 1 is 0.843 bits per heavy atom. The maximum Gasteiger partial charge on any atom is 0.373 e. The first-order valence-electron chi connectivity index (χ1n) is 16.2. The van der Waals surface area contributed by atoms with Crippen LogP contribution < -0.4 is 11.2 Å². The lowest BCUT2D eigenvalue weighted by molar-refractivity contribution is -0.191. The van der Waals surface area contributed by atoms with Crippen molar-refractivity contribution in [1.29, 1.82) is 0 Å². The molecule has 4 aromatic carbocycles. The van der Waals surface area contributed by atoms with Crippen LogP contribution in [0.4, 0.5) is 8.78 Å². The number of fused-ring (bicyclic) bond motifs is 1. The second-order valence-corrected chi connectivity index (χ2v) is 13.0. The fourth-order valence-corrected chi connectivity index (χ4v) is 7.24. The van der Waals surface area contributed by atoms with E-state index in [1.807, 2.05) is 68.6 Å². The lowest BCUT2D eigenvalue weighted by atomic mass is 10.0. The van der Waals surface area contributed by atoms with Crippen molar-refractivity contribution in [2.75, 3.05) is 7.05 Å². The SMILES string of the molecule is CCC(=O)Cc1ccc(-c2sc3c(c2CN(C)C(C)c2ccccc2)c(=O)n(-c2ccccc2)c(=O)n3Cc2c(F)cccc2F)cc1.O=C=O. The number of carbonyl (C=O) groups is 1. The maximum absolute atomic E-state index is 15.0. The van der Waals surface area contributed by atoms with Crippen LogP contribution in [-0.2, 0) is 33.9 Å². The van der Waals surface area contributed by atoms with Crippen molar-refractivity contribution in [1.82, 2.24) is 14.0 Å². The number of thiophene rings is 1. The van der Waals surface area contributed by atoms with Gasteiger partial charge in [-0.05, 0) is 60.5 Å². The van der Waals surface area contributed by atoms with Gasteiger partial charge in [-0.1, -0.05) is 85.8 Å². The van der Waals surface area contributed by atoms with E-state index in [-0.39, 0.29) is 23.5 Å². The molecule has 8 nitrogen and oxygen atoms in total. The van der Waals surface area contributed by atoms with Gasteiger partial charge in [-0.25, -0.2) is 18.1 Å². The van der Waals surface area contributed by atoms with Gasteiger partial charge in [0.2, 0.25) is 0 Å².